The van der Waals surface area contributed by atoms with Crippen LogP contribution in [0.25, 0.3) is 5.57 Å². The number of carboxylic acids is 1. The summed E-state index contributed by atoms with van der Waals surface area (Å²) in [6.45, 7) is 0.647. The fourth-order valence-corrected chi connectivity index (χ4v) is 2.64. The van der Waals surface area contributed by atoms with Gasteiger partial charge in [0, 0.05) is 6.54 Å². The number of thiophene rings is 1. The van der Waals surface area contributed by atoms with E-state index in [-0.39, 0.29) is 6.54 Å². The van der Waals surface area contributed by atoms with Crippen LogP contribution in [-0.4, -0.2) is 36.1 Å². The van der Waals surface area contributed by atoms with Crippen LogP contribution in [0, 0.1) is 0 Å². The van der Waals surface area contributed by atoms with Crippen molar-refractivity contribution in [2.75, 3.05) is 20.1 Å². The van der Waals surface area contributed by atoms with Gasteiger partial charge < -0.3 is 5.11 Å². The molecule has 0 aliphatic rings. The molecule has 2 rings (SSSR count). The smallest absolute Gasteiger partial charge is 0.317 e. The molecular formula is C16H17NO2S. The van der Waals surface area contributed by atoms with E-state index >= 15 is 0 Å². The second-order valence-corrected chi connectivity index (χ2v) is 5.37. The lowest BCUT2D eigenvalue weighted by Crippen LogP contribution is -2.25. The lowest BCUT2D eigenvalue weighted by molar-refractivity contribution is -0.137. The molecule has 1 aromatic carbocycles. The van der Waals surface area contributed by atoms with E-state index in [0.717, 1.165) is 11.1 Å². The fraction of sp³-hybridized carbons (Fsp3) is 0.188. The third kappa shape index (κ3) is 4.05. The van der Waals surface area contributed by atoms with E-state index in [9.17, 15) is 4.79 Å². The molecule has 4 heteroatoms. The van der Waals surface area contributed by atoms with Crippen molar-refractivity contribution in [1.29, 1.82) is 0 Å². The minimum atomic E-state index is -0.808. The number of carbonyl (C=O) groups is 1. The molecule has 2 aromatic rings. The highest BCUT2D eigenvalue weighted by Crippen LogP contribution is 2.25. The quantitative estimate of drug-likeness (QED) is 0.887. The first-order chi connectivity index (χ1) is 9.66. The number of likely N-dealkylation sites (N-methyl/N-ethyl adjacent to an activating group) is 1. The minimum absolute atomic E-state index is 0.0439. The van der Waals surface area contributed by atoms with Crippen LogP contribution in [0.15, 0.2) is 53.2 Å². The molecule has 0 saturated heterocycles. The third-order valence-corrected chi connectivity index (χ3v) is 3.61. The summed E-state index contributed by atoms with van der Waals surface area (Å²) in [5.41, 5.74) is 3.46. The molecule has 0 radical (unpaired) electrons. The Bertz CT molecular complexity index is 576. The van der Waals surface area contributed by atoms with Crippen molar-refractivity contribution in [3.8, 4) is 0 Å². The van der Waals surface area contributed by atoms with E-state index in [0.29, 0.717) is 6.54 Å². The standard InChI is InChI=1S/C16H17NO2S/c1-17(11-16(18)19)9-7-15(14-8-10-20-12-14)13-5-3-2-4-6-13/h2-8,10,12H,9,11H2,1H3,(H,18,19)/b15-7+. The number of hydrogen-bond donors (Lipinski definition) is 1. The van der Waals surface area contributed by atoms with Crippen molar-refractivity contribution in [2.24, 2.45) is 0 Å². The molecular weight excluding hydrogens is 270 g/mol. The second kappa shape index (κ2) is 7.03. The van der Waals surface area contributed by atoms with Gasteiger partial charge in [0.05, 0.1) is 6.54 Å². The van der Waals surface area contributed by atoms with Crippen LogP contribution in [-0.2, 0) is 4.79 Å². The average Bonchev–Trinajstić information content (AvgIpc) is 2.93. The van der Waals surface area contributed by atoms with Gasteiger partial charge in [-0.3, -0.25) is 9.69 Å². The monoisotopic (exact) mass is 287 g/mol. The molecule has 104 valence electrons. The average molecular weight is 287 g/mol. The van der Waals surface area contributed by atoms with Crippen molar-refractivity contribution >= 4 is 22.9 Å². The first-order valence-electron chi connectivity index (χ1n) is 6.35. The Morgan fingerprint density at radius 3 is 2.60 bits per heavy atom. The molecule has 1 aromatic heterocycles. The molecule has 3 nitrogen and oxygen atoms in total. The number of nitrogens with zero attached hydrogens (tertiary/aromatic N) is 1. The molecule has 1 heterocycles. The summed E-state index contributed by atoms with van der Waals surface area (Å²) in [7, 11) is 1.81. The number of aliphatic carboxylic acids is 1. The number of benzene rings is 1. The van der Waals surface area contributed by atoms with Gasteiger partial charge in [0.25, 0.3) is 0 Å². The highest BCUT2D eigenvalue weighted by atomic mass is 32.1. The van der Waals surface area contributed by atoms with Gasteiger partial charge in [-0.15, -0.1) is 0 Å². The Labute approximate surface area is 122 Å². The SMILES string of the molecule is CN(C/C=C(\c1ccccc1)c1ccsc1)CC(=O)O. The summed E-state index contributed by atoms with van der Waals surface area (Å²) in [6, 6.07) is 12.2. The van der Waals surface area contributed by atoms with Gasteiger partial charge in [-0.1, -0.05) is 36.4 Å². The molecule has 0 aliphatic carbocycles. The summed E-state index contributed by atoms with van der Waals surface area (Å²) in [4.78, 5) is 12.5. The van der Waals surface area contributed by atoms with Crippen molar-refractivity contribution in [2.45, 2.75) is 0 Å². The zero-order valence-corrected chi connectivity index (χ0v) is 12.1. The topological polar surface area (TPSA) is 40.5 Å². The maximum absolute atomic E-state index is 10.7. The van der Waals surface area contributed by atoms with Crippen LogP contribution in [0.1, 0.15) is 11.1 Å². The number of hydrogen-bond acceptors (Lipinski definition) is 3. The van der Waals surface area contributed by atoms with E-state index in [2.05, 4.69) is 29.7 Å². The summed E-state index contributed by atoms with van der Waals surface area (Å²) in [6.07, 6.45) is 2.08. The normalized spacial score (nSPS) is 11.8. The molecule has 0 spiro atoms. The first-order valence-corrected chi connectivity index (χ1v) is 7.29. The second-order valence-electron chi connectivity index (χ2n) is 4.59. The van der Waals surface area contributed by atoms with Crippen LogP contribution in [0.5, 0.6) is 0 Å². The molecule has 0 unspecified atom stereocenters. The van der Waals surface area contributed by atoms with Crippen molar-refractivity contribution in [3.05, 3.63) is 64.4 Å². The first kappa shape index (κ1) is 14.5. The Hall–Kier alpha value is -1.91. The van der Waals surface area contributed by atoms with E-state index in [1.807, 2.05) is 23.6 Å². The van der Waals surface area contributed by atoms with Crippen molar-refractivity contribution in [3.63, 3.8) is 0 Å². The summed E-state index contributed by atoms with van der Waals surface area (Å²) >= 11 is 1.66. The fourth-order valence-electron chi connectivity index (χ4n) is 1.98. The van der Waals surface area contributed by atoms with Gasteiger partial charge in [0.1, 0.15) is 0 Å². The zero-order chi connectivity index (χ0) is 14.4. The van der Waals surface area contributed by atoms with Crippen molar-refractivity contribution < 1.29 is 9.90 Å². The zero-order valence-electron chi connectivity index (χ0n) is 11.3. The minimum Gasteiger partial charge on any atom is -0.480 e. The van der Waals surface area contributed by atoms with E-state index in [1.54, 1.807) is 23.3 Å². The highest BCUT2D eigenvalue weighted by Gasteiger charge is 2.07. The van der Waals surface area contributed by atoms with Gasteiger partial charge in [0.15, 0.2) is 0 Å². The van der Waals surface area contributed by atoms with Crippen molar-refractivity contribution in [1.82, 2.24) is 4.90 Å². The molecule has 1 N–H and O–H groups in total. The van der Waals surface area contributed by atoms with Gasteiger partial charge in [-0.05, 0) is 40.6 Å². The van der Waals surface area contributed by atoms with Crippen LogP contribution < -0.4 is 0 Å². The molecule has 0 aliphatic heterocycles. The molecule has 20 heavy (non-hydrogen) atoms. The van der Waals surface area contributed by atoms with E-state index in [1.165, 1.54) is 5.56 Å². The maximum Gasteiger partial charge on any atom is 0.317 e. The summed E-state index contributed by atoms with van der Waals surface area (Å²) in [5.74, 6) is -0.808. The molecule has 0 saturated carbocycles. The highest BCUT2D eigenvalue weighted by molar-refractivity contribution is 7.08. The summed E-state index contributed by atoms with van der Waals surface area (Å²) < 4.78 is 0. The van der Waals surface area contributed by atoms with Gasteiger partial charge in [-0.2, -0.15) is 11.3 Å². The number of carboxylic acid groups (broad SMARTS) is 1. The lowest BCUT2D eigenvalue weighted by atomic mass is 10.00. The van der Waals surface area contributed by atoms with E-state index in [4.69, 9.17) is 5.11 Å². The Morgan fingerprint density at radius 2 is 2.00 bits per heavy atom. The predicted octanol–water partition coefficient (Wildman–Crippen LogP) is 3.20. The molecule has 0 bridgehead atoms. The molecule has 0 atom stereocenters. The predicted molar refractivity (Wildman–Crippen MR) is 83.0 cm³/mol. The van der Waals surface area contributed by atoms with Crippen LogP contribution in [0.2, 0.25) is 0 Å². The Morgan fingerprint density at radius 1 is 1.25 bits per heavy atom. The van der Waals surface area contributed by atoms with Crippen LogP contribution in [0.3, 0.4) is 0 Å². The third-order valence-electron chi connectivity index (χ3n) is 2.93. The van der Waals surface area contributed by atoms with Crippen LogP contribution >= 0.6 is 11.3 Å². The van der Waals surface area contributed by atoms with Gasteiger partial charge in [0.2, 0.25) is 0 Å². The molecule has 0 fully saturated rings. The van der Waals surface area contributed by atoms with Crippen LogP contribution in [0.4, 0.5) is 0 Å². The summed E-state index contributed by atoms with van der Waals surface area (Å²) in [5, 5.41) is 12.9. The van der Waals surface area contributed by atoms with E-state index < -0.39 is 5.97 Å². The maximum atomic E-state index is 10.7. The largest absolute Gasteiger partial charge is 0.480 e. The number of rotatable bonds is 6. The Balaban J connectivity index is 2.22. The Kier molecular flexibility index (Phi) is 5.09. The lowest BCUT2D eigenvalue weighted by Gasteiger charge is -2.13. The van der Waals surface area contributed by atoms with Gasteiger partial charge in [-0.25, -0.2) is 0 Å². The van der Waals surface area contributed by atoms with Gasteiger partial charge >= 0.3 is 5.97 Å². The molecule has 0 amide bonds.